The topological polar surface area (TPSA) is 50.4 Å². The van der Waals surface area contributed by atoms with E-state index >= 15 is 0 Å². The Hall–Kier alpha value is -1.59. The summed E-state index contributed by atoms with van der Waals surface area (Å²) in [7, 11) is 0. The van der Waals surface area contributed by atoms with E-state index in [9.17, 15) is 9.90 Å². The summed E-state index contributed by atoms with van der Waals surface area (Å²) in [6.07, 6.45) is 0. The highest BCUT2D eigenvalue weighted by molar-refractivity contribution is 9.13. The lowest BCUT2D eigenvalue weighted by atomic mass is 10.1. The number of phenolic OH excluding ortho intramolecular Hbond substituents is 1. The third-order valence-electron chi connectivity index (χ3n) is 2.96. The molecule has 0 fully saturated rings. The van der Waals surface area contributed by atoms with Gasteiger partial charge in [-0.2, -0.15) is 0 Å². The van der Waals surface area contributed by atoms with Gasteiger partial charge < -0.3 is 9.52 Å². The number of carbonyl (C=O) groups excluding carboxylic acids is 1. The van der Waals surface area contributed by atoms with E-state index in [0.717, 1.165) is 5.39 Å². The Balaban J connectivity index is 2.11. The first kappa shape index (κ1) is 13.4. The van der Waals surface area contributed by atoms with Gasteiger partial charge in [-0.15, -0.1) is 0 Å². The number of ketones is 1. The van der Waals surface area contributed by atoms with Crippen molar-refractivity contribution in [1.82, 2.24) is 0 Å². The van der Waals surface area contributed by atoms with E-state index in [0.29, 0.717) is 20.1 Å². The number of carbonyl (C=O) groups is 1. The maximum absolute atomic E-state index is 12.5. The number of phenols is 1. The van der Waals surface area contributed by atoms with Gasteiger partial charge in [-0.1, -0.05) is 18.2 Å². The van der Waals surface area contributed by atoms with Crippen molar-refractivity contribution < 1.29 is 14.3 Å². The van der Waals surface area contributed by atoms with E-state index in [1.54, 1.807) is 12.1 Å². The molecule has 3 aromatic rings. The molecule has 1 N–H and O–H groups in total. The number of fused-ring (bicyclic) bond motifs is 1. The van der Waals surface area contributed by atoms with Crippen molar-refractivity contribution in [2.24, 2.45) is 0 Å². The smallest absolute Gasteiger partial charge is 0.229 e. The van der Waals surface area contributed by atoms with E-state index in [2.05, 4.69) is 31.9 Å². The van der Waals surface area contributed by atoms with Crippen LogP contribution in [-0.4, -0.2) is 10.9 Å². The van der Waals surface area contributed by atoms with E-state index in [-0.39, 0.29) is 17.3 Å². The lowest BCUT2D eigenvalue weighted by Crippen LogP contribution is -2.01. The predicted molar refractivity (Wildman–Crippen MR) is 83.2 cm³/mol. The largest absolute Gasteiger partial charge is 0.507 e. The normalized spacial score (nSPS) is 10.9. The number of benzene rings is 2. The van der Waals surface area contributed by atoms with Crippen molar-refractivity contribution in [3.8, 4) is 5.75 Å². The fourth-order valence-corrected chi connectivity index (χ4v) is 2.80. The van der Waals surface area contributed by atoms with Crippen LogP contribution in [0.15, 0.2) is 55.8 Å². The Morgan fingerprint density at radius 3 is 2.55 bits per heavy atom. The van der Waals surface area contributed by atoms with Crippen LogP contribution in [0.25, 0.3) is 11.0 Å². The maximum Gasteiger partial charge on any atom is 0.229 e. The van der Waals surface area contributed by atoms with Crippen LogP contribution in [0.3, 0.4) is 0 Å². The highest BCUT2D eigenvalue weighted by Gasteiger charge is 2.19. The first-order chi connectivity index (χ1) is 9.58. The van der Waals surface area contributed by atoms with Gasteiger partial charge in [0.05, 0.1) is 4.47 Å². The monoisotopic (exact) mass is 394 g/mol. The number of hydrogen-bond donors (Lipinski definition) is 1. The zero-order valence-corrected chi connectivity index (χ0v) is 13.2. The van der Waals surface area contributed by atoms with Crippen molar-refractivity contribution in [2.45, 2.75) is 0 Å². The minimum atomic E-state index is -0.242. The molecule has 0 atom stereocenters. The molecule has 0 radical (unpaired) electrons. The summed E-state index contributed by atoms with van der Waals surface area (Å²) in [5.41, 5.74) is 1.10. The molecule has 0 saturated heterocycles. The van der Waals surface area contributed by atoms with Crippen molar-refractivity contribution in [1.29, 1.82) is 0 Å². The summed E-state index contributed by atoms with van der Waals surface area (Å²) in [5.74, 6) is 0.0938. The predicted octanol–water partition coefficient (Wildman–Crippen LogP) is 4.89. The SMILES string of the molecule is O=C(c1cc2ccccc2o1)c1ccc(O)c(Br)c1Br. The fraction of sp³-hybridized carbons (Fsp3) is 0. The Kier molecular flexibility index (Phi) is 3.40. The molecule has 0 aliphatic rings. The molecule has 0 aliphatic heterocycles. The lowest BCUT2D eigenvalue weighted by molar-refractivity contribution is 0.101. The second-order valence-electron chi connectivity index (χ2n) is 4.24. The van der Waals surface area contributed by atoms with Crippen LogP contribution in [0.4, 0.5) is 0 Å². The van der Waals surface area contributed by atoms with Gasteiger partial charge in [0.2, 0.25) is 5.78 Å². The number of furan rings is 1. The molecule has 5 heteroatoms. The molecule has 0 amide bonds. The molecular formula is C15H8Br2O3. The van der Waals surface area contributed by atoms with Crippen LogP contribution in [0.2, 0.25) is 0 Å². The van der Waals surface area contributed by atoms with Crippen molar-refractivity contribution in [3.05, 3.63) is 62.7 Å². The molecule has 100 valence electrons. The van der Waals surface area contributed by atoms with Gasteiger partial charge in [-0.25, -0.2) is 0 Å². The summed E-state index contributed by atoms with van der Waals surface area (Å²) in [6.45, 7) is 0. The van der Waals surface area contributed by atoms with Gasteiger partial charge in [0, 0.05) is 15.4 Å². The van der Waals surface area contributed by atoms with Gasteiger partial charge in [-0.05, 0) is 56.1 Å². The molecule has 2 aromatic carbocycles. The van der Waals surface area contributed by atoms with Gasteiger partial charge in [0.1, 0.15) is 11.3 Å². The molecule has 0 aliphatic carbocycles. The maximum atomic E-state index is 12.5. The quantitative estimate of drug-likeness (QED) is 0.628. The van der Waals surface area contributed by atoms with Gasteiger partial charge in [0.15, 0.2) is 5.76 Å². The zero-order chi connectivity index (χ0) is 14.3. The van der Waals surface area contributed by atoms with Gasteiger partial charge in [0.25, 0.3) is 0 Å². The van der Waals surface area contributed by atoms with Crippen LogP contribution in [0, 0.1) is 0 Å². The van der Waals surface area contributed by atoms with Gasteiger partial charge >= 0.3 is 0 Å². The van der Waals surface area contributed by atoms with Crippen molar-refractivity contribution in [2.75, 3.05) is 0 Å². The summed E-state index contributed by atoms with van der Waals surface area (Å²) < 4.78 is 6.51. The number of hydrogen-bond acceptors (Lipinski definition) is 3. The number of halogens is 2. The molecule has 3 nitrogen and oxygen atoms in total. The summed E-state index contributed by atoms with van der Waals surface area (Å²) >= 11 is 6.53. The molecular weight excluding hydrogens is 388 g/mol. The second kappa shape index (κ2) is 5.07. The van der Waals surface area contributed by atoms with Crippen LogP contribution in [0.1, 0.15) is 16.1 Å². The second-order valence-corrected chi connectivity index (χ2v) is 5.82. The average Bonchev–Trinajstić information content (AvgIpc) is 2.88. The van der Waals surface area contributed by atoms with Crippen molar-refractivity contribution >= 4 is 48.6 Å². The van der Waals surface area contributed by atoms with Gasteiger partial charge in [-0.3, -0.25) is 4.79 Å². The highest BCUT2D eigenvalue weighted by Crippen LogP contribution is 2.35. The third-order valence-corrected chi connectivity index (χ3v) is 5.11. The first-order valence-electron chi connectivity index (χ1n) is 5.78. The molecule has 0 spiro atoms. The minimum Gasteiger partial charge on any atom is -0.507 e. The molecule has 0 saturated carbocycles. The van der Waals surface area contributed by atoms with E-state index in [4.69, 9.17) is 4.42 Å². The fourth-order valence-electron chi connectivity index (χ4n) is 1.94. The Morgan fingerprint density at radius 1 is 1.05 bits per heavy atom. The zero-order valence-electron chi connectivity index (χ0n) is 10.1. The standard InChI is InChI=1S/C15H8Br2O3/c16-13-9(5-6-10(18)14(13)17)15(19)12-7-8-3-1-2-4-11(8)20-12/h1-7,18H. The number of para-hydroxylation sites is 1. The molecule has 3 rings (SSSR count). The lowest BCUT2D eigenvalue weighted by Gasteiger charge is -2.05. The molecule has 20 heavy (non-hydrogen) atoms. The van der Waals surface area contributed by atoms with Crippen LogP contribution < -0.4 is 0 Å². The Labute approximate surface area is 131 Å². The molecule has 1 aromatic heterocycles. The van der Waals surface area contributed by atoms with Crippen LogP contribution in [-0.2, 0) is 0 Å². The summed E-state index contributed by atoms with van der Waals surface area (Å²) in [5, 5.41) is 10.5. The summed E-state index contributed by atoms with van der Waals surface area (Å²) in [6, 6.07) is 12.2. The van der Waals surface area contributed by atoms with Crippen molar-refractivity contribution in [3.63, 3.8) is 0 Å². The van der Waals surface area contributed by atoms with E-state index < -0.39 is 0 Å². The number of rotatable bonds is 2. The van der Waals surface area contributed by atoms with Crippen LogP contribution >= 0.6 is 31.9 Å². The van der Waals surface area contributed by atoms with E-state index in [1.165, 1.54) is 6.07 Å². The Bertz CT molecular complexity index is 788. The van der Waals surface area contributed by atoms with E-state index in [1.807, 2.05) is 24.3 Å². The molecule has 1 heterocycles. The minimum absolute atomic E-state index is 0.0676. The first-order valence-corrected chi connectivity index (χ1v) is 7.37. The third kappa shape index (κ3) is 2.17. The molecule has 0 unspecified atom stereocenters. The average molecular weight is 396 g/mol. The van der Waals surface area contributed by atoms with Crippen LogP contribution in [0.5, 0.6) is 5.75 Å². The molecule has 0 bridgehead atoms. The summed E-state index contributed by atoms with van der Waals surface area (Å²) in [4.78, 5) is 12.5. The Morgan fingerprint density at radius 2 is 1.80 bits per heavy atom. The highest BCUT2D eigenvalue weighted by atomic mass is 79.9. The number of aromatic hydroxyl groups is 1.